The molecule has 0 aromatic rings. The van der Waals surface area contributed by atoms with E-state index < -0.39 is 18.6 Å². The van der Waals surface area contributed by atoms with E-state index >= 15 is 0 Å². The van der Waals surface area contributed by atoms with Crippen LogP contribution in [-0.4, -0.2) is 43.2 Å². The third-order valence-corrected chi connectivity index (χ3v) is 2.87. The van der Waals surface area contributed by atoms with Gasteiger partial charge < -0.3 is 5.73 Å². The van der Waals surface area contributed by atoms with Crippen molar-refractivity contribution in [2.24, 2.45) is 11.7 Å². The minimum absolute atomic E-state index is 0.0479. The van der Waals surface area contributed by atoms with Gasteiger partial charge in [-0.15, -0.1) is 0 Å². The Balaban J connectivity index is 2.44. The van der Waals surface area contributed by atoms with Crippen molar-refractivity contribution in [2.45, 2.75) is 31.4 Å². The zero-order chi connectivity index (χ0) is 13.1. The second-order valence-electron chi connectivity index (χ2n) is 4.60. The second kappa shape index (κ2) is 5.48. The van der Waals surface area contributed by atoms with Gasteiger partial charge in [0.25, 0.3) is 0 Å². The van der Waals surface area contributed by atoms with Gasteiger partial charge in [-0.2, -0.15) is 13.2 Å². The molecule has 1 saturated carbocycles. The third kappa shape index (κ3) is 5.63. The van der Waals surface area contributed by atoms with E-state index in [1.54, 1.807) is 0 Å². The maximum absolute atomic E-state index is 12.9. The number of nitrogens with zero attached hydrogens (tertiary/aromatic N) is 1. The Morgan fingerprint density at radius 3 is 2.35 bits per heavy atom. The predicted octanol–water partition coefficient (Wildman–Crippen LogP) is 2.24. The Kier molecular flexibility index (Phi) is 4.71. The monoisotopic (exact) mass is 260 g/mol. The minimum atomic E-state index is -4.31. The van der Waals surface area contributed by atoms with Crippen molar-refractivity contribution in [3.8, 4) is 0 Å². The molecular formula is C10H17F5N2. The Morgan fingerprint density at radius 1 is 1.29 bits per heavy atom. The molecule has 1 atom stereocenters. The first-order valence-electron chi connectivity index (χ1n) is 5.59. The van der Waals surface area contributed by atoms with Crippen LogP contribution in [0.4, 0.5) is 22.0 Å². The van der Waals surface area contributed by atoms with Crippen molar-refractivity contribution in [3.05, 3.63) is 0 Å². The highest BCUT2D eigenvalue weighted by atomic mass is 19.4. The lowest BCUT2D eigenvalue weighted by atomic mass is 10.1. The van der Waals surface area contributed by atoms with Crippen LogP contribution in [0, 0.1) is 5.92 Å². The predicted molar refractivity (Wildman–Crippen MR) is 53.8 cm³/mol. The first kappa shape index (κ1) is 14.6. The fourth-order valence-electron chi connectivity index (χ4n) is 2.23. The van der Waals surface area contributed by atoms with E-state index in [0.29, 0.717) is 0 Å². The molecule has 0 heterocycles. The molecule has 0 aromatic heterocycles. The van der Waals surface area contributed by atoms with Gasteiger partial charge in [0.05, 0.1) is 6.54 Å². The van der Waals surface area contributed by atoms with Crippen molar-refractivity contribution < 1.29 is 22.0 Å². The number of nitrogens with two attached hydrogens (primary N) is 1. The number of alkyl halides is 5. The zero-order valence-corrected chi connectivity index (χ0v) is 9.44. The fourth-order valence-corrected chi connectivity index (χ4v) is 2.23. The van der Waals surface area contributed by atoms with Crippen LogP contribution in [-0.2, 0) is 0 Å². The second-order valence-corrected chi connectivity index (χ2v) is 4.60. The molecule has 0 spiro atoms. The molecule has 102 valence electrons. The normalized spacial score (nSPS) is 24.5. The highest BCUT2D eigenvalue weighted by Crippen LogP contribution is 2.39. The summed E-state index contributed by atoms with van der Waals surface area (Å²) in [4.78, 5) is 1.12. The standard InChI is InChI=1S/C10H17F5N2/c11-9(12)2-1-8(5-9)6-17(4-3-16)7-10(13,14)15/h8H,1-7,16H2. The maximum Gasteiger partial charge on any atom is 0.401 e. The van der Waals surface area contributed by atoms with E-state index in [2.05, 4.69) is 0 Å². The molecule has 1 unspecified atom stereocenters. The summed E-state index contributed by atoms with van der Waals surface area (Å²) in [6.45, 7) is -0.848. The van der Waals surface area contributed by atoms with Crippen LogP contribution in [0.2, 0.25) is 0 Å². The molecule has 0 aromatic carbocycles. The molecule has 2 nitrogen and oxygen atoms in total. The van der Waals surface area contributed by atoms with Crippen LogP contribution in [0.5, 0.6) is 0 Å². The summed E-state index contributed by atoms with van der Waals surface area (Å²) in [7, 11) is 0. The van der Waals surface area contributed by atoms with Crippen LogP contribution >= 0.6 is 0 Å². The van der Waals surface area contributed by atoms with Crippen molar-refractivity contribution in [1.82, 2.24) is 4.90 Å². The molecule has 0 saturated heterocycles. The van der Waals surface area contributed by atoms with Crippen molar-refractivity contribution in [3.63, 3.8) is 0 Å². The van der Waals surface area contributed by atoms with Crippen molar-refractivity contribution in [2.75, 3.05) is 26.2 Å². The Labute approximate surface area is 96.9 Å². The smallest absolute Gasteiger partial charge is 0.329 e. The molecule has 1 rings (SSSR count). The summed E-state index contributed by atoms with van der Waals surface area (Å²) in [6.07, 6.45) is -4.56. The topological polar surface area (TPSA) is 29.3 Å². The Morgan fingerprint density at radius 2 is 1.94 bits per heavy atom. The average molecular weight is 260 g/mol. The molecule has 1 fully saturated rings. The van der Waals surface area contributed by atoms with Crippen molar-refractivity contribution >= 4 is 0 Å². The lowest BCUT2D eigenvalue weighted by Gasteiger charge is -2.25. The van der Waals surface area contributed by atoms with E-state index in [4.69, 9.17) is 5.73 Å². The summed E-state index contributed by atoms with van der Waals surface area (Å²) in [5.41, 5.74) is 5.22. The zero-order valence-electron chi connectivity index (χ0n) is 9.44. The van der Waals surface area contributed by atoms with E-state index in [1.165, 1.54) is 0 Å². The van der Waals surface area contributed by atoms with Gasteiger partial charge in [-0.1, -0.05) is 0 Å². The number of hydrogen-bond acceptors (Lipinski definition) is 2. The number of rotatable bonds is 5. The summed E-state index contributed by atoms with van der Waals surface area (Å²) >= 11 is 0. The molecule has 1 aliphatic rings. The van der Waals surface area contributed by atoms with Crippen LogP contribution < -0.4 is 5.73 Å². The minimum Gasteiger partial charge on any atom is -0.329 e. The molecule has 0 amide bonds. The van der Waals surface area contributed by atoms with Crippen LogP contribution in [0.1, 0.15) is 19.3 Å². The van der Waals surface area contributed by atoms with Gasteiger partial charge >= 0.3 is 6.18 Å². The first-order valence-corrected chi connectivity index (χ1v) is 5.59. The highest BCUT2D eigenvalue weighted by molar-refractivity contribution is 4.83. The quantitative estimate of drug-likeness (QED) is 0.768. The van der Waals surface area contributed by atoms with E-state index in [9.17, 15) is 22.0 Å². The number of halogens is 5. The summed E-state index contributed by atoms with van der Waals surface area (Å²) in [5, 5.41) is 0. The third-order valence-electron chi connectivity index (χ3n) is 2.87. The van der Waals surface area contributed by atoms with Gasteiger partial charge in [0.1, 0.15) is 0 Å². The lowest BCUT2D eigenvalue weighted by Crippen LogP contribution is -2.40. The van der Waals surface area contributed by atoms with Gasteiger partial charge in [0, 0.05) is 32.5 Å². The van der Waals surface area contributed by atoms with E-state index in [0.717, 1.165) is 4.90 Å². The lowest BCUT2D eigenvalue weighted by molar-refractivity contribution is -0.147. The largest absolute Gasteiger partial charge is 0.401 e. The van der Waals surface area contributed by atoms with Crippen molar-refractivity contribution in [1.29, 1.82) is 0 Å². The van der Waals surface area contributed by atoms with Crippen LogP contribution in [0.3, 0.4) is 0 Å². The summed E-state index contributed by atoms with van der Waals surface area (Å²) < 4.78 is 62.5. The molecule has 0 radical (unpaired) electrons. The Hall–Kier alpha value is -0.430. The van der Waals surface area contributed by atoms with Crippen LogP contribution in [0.15, 0.2) is 0 Å². The molecule has 17 heavy (non-hydrogen) atoms. The van der Waals surface area contributed by atoms with Gasteiger partial charge in [-0.25, -0.2) is 8.78 Å². The SMILES string of the molecule is NCCN(CC1CCC(F)(F)C1)CC(F)(F)F. The molecule has 1 aliphatic carbocycles. The van der Waals surface area contributed by atoms with Gasteiger partial charge in [-0.05, 0) is 12.3 Å². The maximum atomic E-state index is 12.9. The molecule has 7 heteroatoms. The number of hydrogen-bond donors (Lipinski definition) is 1. The van der Waals surface area contributed by atoms with Gasteiger partial charge in [0.2, 0.25) is 5.92 Å². The first-order chi connectivity index (χ1) is 7.72. The van der Waals surface area contributed by atoms with Gasteiger partial charge in [-0.3, -0.25) is 4.90 Å². The van der Waals surface area contributed by atoms with E-state index in [-0.39, 0.29) is 44.8 Å². The van der Waals surface area contributed by atoms with Gasteiger partial charge in [0.15, 0.2) is 0 Å². The molecule has 2 N–H and O–H groups in total. The average Bonchev–Trinajstić information content (AvgIpc) is 2.42. The Bertz CT molecular complexity index is 241. The van der Waals surface area contributed by atoms with Crippen LogP contribution in [0.25, 0.3) is 0 Å². The molecular weight excluding hydrogens is 243 g/mol. The summed E-state index contributed by atoms with van der Waals surface area (Å²) in [5.74, 6) is -3.07. The molecule has 0 aliphatic heterocycles. The fraction of sp³-hybridized carbons (Fsp3) is 1.00. The van der Waals surface area contributed by atoms with E-state index in [1.807, 2.05) is 0 Å². The highest BCUT2D eigenvalue weighted by Gasteiger charge is 2.40. The molecule has 0 bridgehead atoms. The summed E-state index contributed by atoms with van der Waals surface area (Å²) in [6, 6.07) is 0.